The minimum absolute atomic E-state index is 0.0333. The number of carbonyl (C=O) groups excluding carboxylic acids is 2. The van der Waals surface area contributed by atoms with Crippen molar-refractivity contribution in [2.75, 3.05) is 43.0 Å². The first-order valence-corrected chi connectivity index (χ1v) is 12.0. The Morgan fingerprint density at radius 2 is 1.65 bits per heavy atom. The van der Waals surface area contributed by atoms with E-state index in [9.17, 15) is 14.0 Å². The van der Waals surface area contributed by atoms with Crippen LogP contribution in [-0.2, 0) is 4.79 Å². The summed E-state index contributed by atoms with van der Waals surface area (Å²) in [6.45, 7) is 2.84. The normalized spacial score (nSPS) is 17.2. The maximum atomic E-state index is 14.1. The van der Waals surface area contributed by atoms with E-state index >= 15 is 0 Å². The smallest absolute Gasteiger partial charge is 0.264 e. The fourth-order valence-corrected chi connectivity index (χ4v) is 5.33. The number of hydrogen-bond acceptors (Lipinski definition) is 4. The number of halogens is 1. The van der Waals surface area contributed by atoms with Gasteiger partial charge in [0.15, 0.2) is 0 Å². The van der Waals surface area contributed by atoms with Crippen LogP contribution >= 0.6 is 11.8 Å². The van der Waals surface area contributed by atoms with Crippen LogP contribution in [0, 0.1) is 5.82 Å². The Morgan fingerprint density at radius 1 is 0.941 bits per heavy atom. The number of nitrogens with zero attached hydrogens (tertiary/aromatic N) is 3. The SMILES string of the molecule is CN1C(=O)/C(=C/c2ccccc2F)Sc2ccc(C(=O)N3CCN(c4ccccc4)CC3)cc21. The lowest BCUT2D eigenvalue weighted by molar-refractivity contribution is -0.114. The molecule has 1 fully saturated rings. The molecule has 0 aromatic heterocycles. The first kappa shape index (κ1) is 22.2. The molecular weight excluding hydrogens is 449 g/mol. The molecule has 2 heterocycles. The number of likely N-dealkylation sites (N-methyl/N-ethyl adjacent to an activating group) is 1. The maximum absolute atomic E-state index is 14.1. The van der Waals surface area contributed by atoms with E-state index in [0.29, 0.717) is 34.8 Å². The quantitative estimate of drug-likeness (QED) is 0.508. The number of anilines is 2. The van der Waals surface area contributed by atoms with Crippen LogP contribution in [0.2, 0.25) is 0 Å². The third-order valence-electron chi connectivity index (χ3n) is 6.18. The Morgan fingerprint density at radius 3 is 2.38 bits per heavy atom. The van der Waals surface area contributed by atoms with Gasteiger partial charge in [-0.25, -0.2) is 4.39 Å². The lowest BCUT2D eigenvalue weighted by atomic mass is 10.1. The minimum atomic E-state index is -0.370. The van der Waals surface area contributed by atoms with E-state index in [-0.39, 0.29) is 17.6 Å². The molecule has 2 amide bonds. The van der Waals surface area contributed by atoms with Crippen molar-refractivity contribution in [2.45, 2.75) is 4.90 Å². The molecule has 0 radical (unpaired) electrons. The molecule has 0 unspecified atom stereocenters. The van der Waals surface area contributed by atoms with Gasteiger partial charge in [-0.15, -0.1) is 0 Å². The molecule has 7 heteroatoms. The van der Waals surface area contributed by atoms with Gasteiger partial charge in [-0.3, -0.25) is 9.59 Å². The van der Waals surface area contributed by atoms with Crippen LogP contribution in [0.4, 0.5) is 15.8 Å². The standard InChI is InChI=1S/C27H24FN3O2S/c1-29-23-17-20(26(32)31-15-13-30(14-16-31)21-8-3-2-4-9-21)11-12-24(23)34-25(27(29)33)18-19-7-5-6-10-22(19)28/h2-12,17-18H,13-16H2,1H3/b25-18-. The van der Waals surface area contributed by atoms with Crippen molar-refractivity contribution in [2.24, 2.45) is 0 Å². The number of amides is 2. The molecule has 34 heavy (non-hydrogen) atoms. The van der Waals surface area contributed by atoms with Gasteiger partial charge in [-0.05, 0) is 42.5 Å². The Hall–Kier alpha value is -3.58. The predicted octanol–water partition coefficient (Wildman–Crippen LogP) is 4.90. The number of rotatable bonds is 3. The molecule has 2 aliphatic rings. The zero-order chi connectivity index (χ0) is 23.7. The van der Waals surface area contributed by atoms with Gasteiger partial charge >= 0.3 is 0 Å². The van der Waals surface area contributed by atoms with Crippen LogP contribution in [0.5, 0.6) is 0 Å². The molecule has 3 aromatic carbocycles. The molecule has 1 saturated heterocycles. The number of carbonyl (C=O) groups is 2. The Balaban J connectivity index is 1.32. The van der Waals surface area contributed by atoms with Gasteiger partial charge in [0.25, 0.3) is 11.8 Å². The average Bonchev–Trinajstić information content (AvgIpc) is 2.88. The van der Waals surface area contributed by atoms with Crippen molar-refractivity contribution in [3.8, 4) is 0 Å². The summed E-state index contributed by atoms with van der Waals surface area (Å²) in [5.41, 5.74) is 2.79. The van der Waals surface area contributed by atoms with E-state index in [1.807, 2.05) is 35.2 Å². The van der Waals surface area contributed by atoms with E-state index in [4.69, 9.17) is 0 Å². The summed E-state index contributed by atoms with van der Waals surface area (Å²) in [6.07, 6.45) is 1.58. The van der Waals surface area contributed by atoms with Crippen molar-refractivity contribution in [1.82, 2.24) is 4.90 Å². The van der Waals surface area contributed by atoms with Crippen LogP contribution in [0.1, 0.15) is 15.9 Å². The number of piperazine rings is 1. The number of thioether (sulfide) groups is 1. The van der Waals surface area contributed by atoms with Gasteiger partial charge in [0, 0.05) is 54.9 Å². The third kappa shape index (κ3) is 4.31. The largest absolute Gasteiger partial charge is 0.368 e. The van der Waals surface area contributed by atoms with E-state index < -0.39 is 0 Å². The lowest BCUT2D eigenvalue weighted by Gasteiger charge is -2.36. The molecule has 0 atom stereocenters. The molecule has 0 N–H and O–H groups in total. The molecule has 3 aromatic rings. The minimum Gasteiger partial charge on any atom is -0.368 e. The van der Waals surface area contributed by atoms with Crippen LogP contribution in [0.15, 0.2) is 82.6 Å². The zero-order valence-electron chi connectivity index (χ0n) is 18.8. The highest BCUT2D eigenvalue weighted by molar-refractivity contribution is 8.04. The van der Waals surface area contributed by atoms with Gasteiger partial charge in [-0.1, -0.05) is 48.2 Å². The zero-order valence-corrected chi connectivity index (χ0v) is 19.6. The number of benzene rings is 3. The second kappa shape index (κ2) is 9.35. The van der Waals surface area contributed by atoms with E-state index in [2.05, 4.69) is 17.0 Å². The molecule has 0 aliphatic carbocycles. The lowest BCUT2D eigenvalue weighted by Crippen LogP contribution is -2.48. The highest BCUT2D eigenvalue weighted by Gasteiger charge is 2.29. The molecule has 172 valence electrons. The highest BCUT2D eigenvalue weighted by atomic mass is 32.2. The van der Waals surface area contributed by atoms with Gasteiger partial charge < -0.3 is 14.7 Å². The van der Waals surface area contributed by atoms with Crippen molar-refractivity contribution in [3.63, 3.8) is 0 Å². The summed E-state index contributed by atoms with van der Waals surface area (Å²) < 4.78 is 14.1. The van der Waals surface area contributed by atoms with Crippen LogP contribution in [0.3, 0.4) is 0 Å². The summed E-state index contributed by atoms with van der Waals surface area (Å²) >= 11 is 1.30. The number of hydrogen-bond donors (Lipinski definition) is 0. The molecule has 2 aliphatic heterocycles. The Kier molecular flexibility index (Phi) is 6.11. The molecule has 0 bridgehead atoms. The monoisotopic (exact) mass is 473 g/mol. The van der Waals surface area contributed by atoms with Gasteiger partial charge in [0.2, 0.25) is 0 Å². The van der Waals surface area contributed by atoms with Crippen molar-refractivity contribution >= 4 is 41.0 Å². The molecule has 5 nitrogen and oxygen atoms in total. The van der Waals surface area contributed by atoms with E-state index in [1.54, 1.807) is 37.4 Å². The Bertz CT molecular complexity index is 1270. The highest BCUT2D eigenvalue weighted by Crippen LogP contribution is 2.42. The topological polar surface area (TPSA) is 43.9 Å². The third-order valence-corrected chi connectivity index (χ3v) is 7.26. The van der Waals surface area contributed by atoms with Crippen molar-refractivity contribution < 1.29 is 14.0 Å². The van der Waals surface area contributed by atoms with Crippen molar-refractivity contribution in [3.05, 3.63) is 94.6 Å². The maximum Gasteiger partial charge on any atom is 0.264 e. The van der Waals surface area contributed by atoms with Gasteiger partial charge in [0.1, 0.15) is 5.82 Å². The average molecular weight is 474 g/mol. The predicted molar refractivity (Wildman–Crippen MR) is 135 cm³/mol. The van der Waals surface area contributed by atoms with Crippen LogP contribution in [-0.4, -0.2) is 49.9 Å². The second-order valence-electron chi connectivity index (χ2n) is 8.29. The first-order chi connectivity index (χ1) is 16.5. The summed E-state index contributed by atoms with van der Waals surface area (Å²) in [5, 5.41) is 0. The molecule has 0 saturated carbocycles. The van der Waals surface area contributed by atoms with Crippen molar-refractivity contribution in [1.29, 1.82) is 0 Å². The fourth-order valence-electron chi connectivity index (χ4n) is 4.25. The van der Waals surface area contributed by atoms with Gasteiger partial charge in [-0.2, -0.15) is 0 Å². The Labute approximate surface area is 202 Å². The van der Waals surface area contributed by atoms with E-state index in [0.717, 1.165) is 18.0 Å². The summed E-state index contributed by atoms with van der Waals surface area (Å²) in [7, 11) is 1.68. The molecule has 5 rings (SSSR count). The number of fused-ring (bicyclic) bond motifs is 1. The van der Waals surface area contributed by atoms with Crippen LogP contribution in [0.25, 0.3) is 6.08 Å². The molecule has 0 spiro atoms. The van der Waals surface area contributed by atoms with Gasteiger partial charge in [0.05, 0.1) is 10.6 Å². The summed E-state index contributed by atoms with van der Waals surface area (Å²) in [6, 6.07) is 22.0. The second-order valence-corrected chi connectivity index (χ2v) is 9.38. The number of para-hydroxylation sites is 1. The fraction of sp³-hybridized carbons (Fsp3) is 0.185. The summed E-state index contributed by atoms with van der Waals surface area (Å²) in [5.74, 6) is -0.624. The van der Waals surface area contributed by atoms with E-state index in [1.165, 1.54) is 28.4 Å². The first-order valence-electron chi connectivity index (χ1n) is 11.2. The molecular formula is C27H24FN3O2S. The van der Waals surface area contributed by atoms with Crippen LogP contribution < -0.4 is 9.80 Å². The summed E-state index contributed by atoms with van der Waals surface area (Å²) in [4.78, 5) is 33.1.